The summed E-state index contributed by atoms with van der Waals surface area (Å²) < 4.78 is 0. The number of aryl methyl sites for hydroxylation is 2. The average molecular weight is 1160 g/mol. The molecule has 1 N–H and O–H groups in total. The van der Waals surface area contributed by atoms with Gasteiger partial charge in [-0.25, -0.2) is 24.8 Å². The number of allylic oxidation sites excluding steroid dienone is 11. The summed E-state index contributed by atoms with van der Waals surface area (Å²) in [6.07, 6.45) is 28.7. The van der Waals surface area contributed by atoms with E-state index in [9.17, 15) is 9.90 Å². The van der Waals surface area contributed by atoms with E-state index in [0.717, 1.165) is 99.3 Å². The lowest BCUT2D eigenvalue weighted by molar-refractivity contribution is 0.0696. The Morgan fingerprint density at radius 3 is 1.24 bits per heavy atom. The monoisotopic (exact) mass is 1160 g/mol. The SMILES string of the molecule is CCCCCCc1ccc(N(C2=C3C=CC(=N3)C(c3cc(C(C)(C)C)cc(C(C)(C)C)c3)=C3C=CC(=N3)C(C#Cc3ccc(C(=O)O)cc3)=C3C=CC(=N3)C(c3cc(C(C)(C)C)cc(C(C)(C)C)c3)=C3C=CC2=N3)c2ccc(CCCCCC)cc2)cc1. The predicted molar refractivity (Wildman–Crippen MR) is 373 cm³/mol. The number of anilines is 2. The second-order valence-corrected chi connectivity index (χ2v) is 28.4. The van der Waals surface area contributed by atoms with Gasteiger partial charge in [0.25, 0.3) is 0 Å². The molecule has 5 aliphatic heterocycles. The van der Waals surface area contributed by atoms with Gasteiger partial charge in [-0.05, 0) is 189 Å². The molecular formula is C81H89N5O2. The van der Waals surface area contributed by atoms with Crippen molar-refractivity contribution in [2.75, 3.05) is 4.90 Å². The van der Waals surface area contributed by atoms with Crippen molar-refractivity contribution in [3.05, 3.63) is 247 Å². The van der Waals surface area contributed by atoms with Gasteiger partial charge in [-0.2, -0.15) is 0 Å². The quantitative estimate of drug-likeness (QED) is 0.0788. The van der Waals surface area contributed by atoms with Crippen LogP contribution in [-0.4, -0.2) is 33.9 Å². The summed E-state index contributed by atoms with van der Waals surface area (Å²) >= 11 is 0. The van der Waals surface area contributed by atoms with E-state index < -0.39 is 5.97 Å². The van der Waals surface area contributed by atoms with Crippen LogP contribution in [0.3, 0.4) is 0 Å². The Labute approximate surface area is 525 Å². The lowest BCUT2D eigenvalue weighted by atomic mass is 9.78. The number of aliphatic imine (C=N–C) groups is 4. The molecule has 10 rings (SSSR count). The van der Waals surface area contributed by atoms with E-state index in [-0.39, 0.29) is 27.2 Å². The van der Waals surface area contributed by atoms with Gasteiger partial charge in [-0.3, -0.25) is 0 Å². The maximum absolute atomic E-state index is 11.9. The number of benzene rings is 5. The van der Waals surface area contributed by atoms with Crippen LogP contribution in [0.25, 0.3) is 11.1 Å². The highest BCUT2D eigenvalue weighted by atomic mass is 16.4. The normalized spacial score (nSPS) is 15.8. The van der Waals surface area contributed by atoms with Gasteiger partial charge < -0.3 is 10.0 Å². The minimum atomic E-state index is -0.988. The molecule has 5 aliphatic rings. The lowest BCUT2D eigenvalue weighted by Gasteiger charge is -2.29. The lowest BCUT2D eigenvalue weighted by Crippen LogP contribution is -2.23. The van der Waals surface area contributed by atoms with Crippen LogP contribution in [0.5, 0.6) is 0 Å². The van der Waals surface area contributed by atoms with Gasteiger partial charge in [-0.15, -0.1) is 0 Å². The number of hydrogen-bond acceptors (Lipinski definition) is 6. The fourth-order valence-corrected chi connectivity index (χ4v) is 11.7. The van der Waals surface area contributed by atoms with Crippen LogP contribution < -0.4 is 4.90 Å². The zero-order chi connectivity index (χ0) is 62.7. The number of aromatic carboxylic acids is 1. The van der Waals surface area contributed by atoms with Crippen LogP contribution in [0.1, 0.15) is 209 Å². The van der Waals surface area contributed by atoms with Gasteiger partial charge in [0, 0.05) is 28.1 Å². The van der Waals surface area contributed by atoms with Crippen LogP contribution in [0, 0.1) is 11.8 Å². The molecule has 0 fully saturated rings. The molecule has 88 heavy (non-hydrogen) atoms. The van der Waals surface area contributed by atoms with E-state index in [0.29, 0.717) is 22.5 Å². The topological polar surface area (TPSA) is 90.0 Å². The maximum Gasteiger partial charge on any atom is 0.335 e. The largest absolute Gasteiger partial charge is 0.478 e. The smallest absolute Gasteiger partial charge is 0.335 e. The Bertz CT molecular complexity index is 3810. The van der Waals surface area contributed by atoms with Gasteiger partial charge in [0.15, 0.2) is 0 Å². The first kappa shape index (κ1) is 62.6. The third-order valence-electron chi connectivity index (χ3n) is 17.2. The van der Waals surface area contributed by atoms with Gasteiger partial charge in [0.05, 0.1) is 62.5 Å². The van der Waals surface area contributed by atoms with Crippen molar-refractivity contribution in [3.63, 3.8) is 0 Å². The summed E-state index contributed by atoms with van der Waals surface area (Å²) in [6.45, 7) is 31.9. The number of unbranched alkanes of at least 4 members (excludes halogenated alkanes) is 6. The van der Waals surface area contributed by atoms with Crippen molar-refractivity contribution >= 4 is 51.3 Å². The zero-order valence-electron chi connectivity index (χ0n) is 54.7. The van der Waals surface area contributed by atoms with Crippen LogP contribution in [0.2, 0.25) is 0 Å². The van der Waals surface area contributed by atoms with E-state index in [1.54, 1.807) is 24.3 Å². The third-order valence-corrected chi connectivity index (χ3v) is 17.2. The molecule has 0 saturated heterocycles. The van der Waals surface area contributed by atoms with Gasteiger partial charge in [0.1, 0.15) is 0 Å². The number of hydrogen-bond donors (Lipinski definition) is 1. The number of carbonyl (C=O) groups is 1. The zero-order valence-corrected chi connectivity index (χ0v) is 54.7. The molecule has 7 heteroatoms. The van der Waals surface area contributed by atoms with E-state index in [1.807, 2.05) is 0 Å². The molecule has 5 aromatic rings. The fourth-order valence-electron chi connectivity index (χ4n) is 11.7. The van der Waals surface area contributed by atoms with Gasteiger partial charge in [0.2, 0.25) is 0 Å². The van der Waals surface area contributed by atoms with Crippen molar-refractivity contribution in [3.8, 4) is 11.8 Å². The Morgan fingerprint density at radius 2 is 0.807 bits per heavy atom. The second kappa shape index (κ2) is 25.7. The van der Waals surface area contributed by atoms with Crippen molar-refractivity contribution in [2.45, 2.75) is 183 Å². The van der Waals surface area contributed by atoms with Crippen molar-refractivity contribution < 1.29 is 9.90 Å². The Balaban J connectivity index is 1.30. The predicted octanol–water partition coefficient (Wildman–Crippen LogP) is 20.4. The van der Waals surface area contributed by atoms with Crippen molar-refractivity contribution in [2.24, 2.45) is 20.0 Å². The molecule has 0 spiro atoms. The van der Waals surface area contributed by atoms with E-state index in [2.05, 4.69) is 247 Å². The van der Waals surface area contributed by atoms with Gasteiger partial charge in [-0.1, -0.05) is 208 Å². The fraction of sp³-hybridized carbons (Fsp3) is 0.346. The molecule has 0 aromatic heterocycles. The number of nitrogens with zero attached hydrogens (tertiary/aromatic N) is 5. The molecule has 5 aromatic carbocycles. The highest BCUT2D eigenvalue weighted by molar-refractivity contribution is 6.35. The summed E-state index contributed by atoms with van der Waals surface area (Å²) in [5.74, 6) is 5.92. The van der Waals surface area contributed by atoms with E-state index >= 15 is 0 Å². The second-order valence-electron chi connectivity index (χ2n) is 28.4. The first-order valence-corrected chi connectivity index (χ1v) is 32.1. The average Bonchev–Trinajstić information content (AvgIpc) is 1.63. The number of fused-ring (bicyclic) bond motifs is 4. The molecular weight excluding hydrogens is 1070 g/mol. The molecule has 0 radical (unpaired) electrons. The highest BCUT2D eigenvalue weighted by Crippen LogP contribution is 2.43. The molecule has 0 atom stereocenters. The summed E-state index contributed by atoms with van der Waals surface area (Å²) in [6, 6.07) is 39.1. The van der Waals surface area contributed by atoms with Crippen molar-refractivity contribution in [1.82, 2.24) is 0 Å². The minimum absolute atomic E-state index is 0.165. The van der Waals surface area contributed by atoms with Crippen LogP contribution >= 0.6 is 0 Å². The van der Waals surface area contributed by atoms with Crippen molar-refractivity contribution in [1.29, 1.82) is 0 Å². The molecule has 0 unspecified atom stereocenters. The minimum Gasteiger partial charge on any atom is -0.478 e. The molecule has 450 valence electrons. The standard InChI is InChI=1S/C81H89N5O2/c1-15-17-19-21-23-53-27-34-63(35-28-53)86(64-36-29-54(30-37-64)24-22-20-18-16-2)76-72-45-43-70(84-72)74(57-47-59(78(3,4)5)51-60(48-57)79(6,7)8)68-41-39-66(82-68)65(38-31-55-25-32-56(33-26-55)77(87)88)67-40-42-69(83-67)75(71-44-46-73(76)85-71)58-49-61(80(9,10)11)52-62(50-58)81(12,13)14/h25-30,32-37,39-52H,15-24H2,1-14H3,(H,87,88). The van der Waals surface area contributed by atoms with Crippen LogP contribution in [0.4, 0.5) is 11.4 Å². The Hall–Kier alpha value is -8.47. The molecule has 5 heterocycles. The molecule has 0 amide bonds. The highest BCUT2D eigenvalue weighted by Gasteiger charge is 2.32. The maximum atomic E-state index is 11.9. The number of rotatable bonds is 16. The Kier molecular flexibility index (Phi) is 18.3. The molecule has 8 bridgehead atoms. The van der Waals surface area contributed by atoms with Crippen LogP contribution in [-0.2, 0) is 34.5 Å². The number of carboxylic acids is 1. The summed E-state index contributed by atoms with van der Waals surface area (Å²) in [5, 5.41) is 9.77. The molecule has 0 saturated carbocycles. The van der Waals surface area contributed by atoms with E-state index in [4.69, 9.17) is 20.0 Å². The third kappa shape index (κ3) is 14.2. The van der Waals surface area contributed by atoms with Gasteiger partial charge >= 0.3 is 5.97 Å². The summed E-state index contributed by atoms with van der Waals surface area (Å²) in [4.78, 5) is 37.2. The number of carboxylic acid groups (broad SMARTS) is 1. The van der Waals surface area contributed by atoms with E-state index in [1.165, 1.54) is 71.9 Å². The first-order valence-electron chi connectivity index (χ1n) is 32.1. The first-order chi connectivity index (χ1) is 41.9. The molecule has 7 nitrogen and oxygen atoms in total. The summed E-state index contributed by atoms with van der Waals surface area (Å²) in [7, 11) is 0. The molecule has 0 aliphatic carbocycles. The summed E-state index contributed by atoms with van der Waals surface area (Å²) in [5.41, 5.74) is 21.1. The Morgan fingerprint density at radius 1 is 0.420 bits per heavy atom. The van der Waals surface area contributed by atoms with Crippen LogP contribution in [0.15, 0.2) is 212 Å².